The van der Waals surface area contributed by atoms with E-state index in [0.29, 0.717) is 13.1 Å². The Labute approximate surface area is 124 Å². The minimum atomic E-state index is -0.808. The zero-order valence-electron chi connectivity index (χ0n) is 12.3. The highest BCUT2D eigenvalue weighted by molar-refractivity contribution is 5.83. The highest BCUT2D eigenvalue weighted by atomic mass is 16.4. The normalized spacial score (nSPS) is 20.1. The molecule has 5 heteroatoms. The van der Waals surface area contributed by atoms with E-state index in [4.69, 9.17) is 10.8 Å². The fourth-order valence-electron chi connectivity index (χ4n) is 2.79. The van der Waals surface area contributed by atoms with Gasteiger partial charge in [0.1, 0.15) is 6.04 Å². The number of carbonyl (C=O) groups excluding carboxylic acids is 1. The van der Waals surface area contributed by atoms with Gasteiger partial charge in [-0.3, -0.25) is 9.59 Å². The molecule has 5 nitrogen and oxygen atoms in total. The van der Waals surface area contributed by atoms with Gasteiger partial charge in [0.2, 0.25) is 5.91 Å². The first-order valence-electron chi connectivity index (χ1n) is 7.30. The second-order valence-electron chi connectivity index (χ2n) is 5.78. The third kappa shape index (κ3) is 4.04. The minimum absolute atomic E-state index is 0.0328. The lowest BCUT2D eigenvalue weighted by atomic mass is 9.94. The van der Waals surface area contributed by atoms with Gasteiger partial charge in [0.15, 0.2) is 0 Å². The van der Waals surface area contributed by atoms with E-state index in [1.807, 2.05) is 31.2 Å². The molecule has 0 bridgehead atoms. The number of rotatable bonds is 4. The Morgan fingerprint density at radius 3 is 2.67 bits per heavy atom. The van der Waals surface area contributed by atoms with Crippen molar-refractivity contribution in [1.82, 2.24) is 4.90 Å². The fraction of sp³-hybridized carbons (Fsp3) is 0.500. The highest BCUT2D eigenvalue weighted by Crippen LogP contribution is 2.22. The van der Waals surface area contributed by atoms with Crippen molar-refractivity contribution in [2.75, 3.05) is 13.1 Å². The Morgan fingerprint density at radius 2 is 2.05 bits per heavy atom. The van der Waals surface area contributed by atoms with E-state index in [2.05, 4.69) is 0 Å². The molecule has 1 aliphatic rings. The van der Waals surface area contributed by atoms with Crippen LogP contribution >= 0.6 is 0 Å². The molecule has 1 aromatic carbocycles. The van der Waals surface area contributed by atoms with E-state index in [-0.39, 0.29) is 18.2 Å². The first-order chi connectivity index (χ1) is 9.97. The van der Waals surface area contributed by atoms with E-state index in [1.54, 1.807) is 4.90 Å². The molecule has 1 heterocycles. The number of carboxylic acid groups (broad SMARTS) is 1. The lowest BCUT2D eigenvalue weighted by Gasteiger charge is -2.33. The number of hydrogen-bond acceptors (Lipinski definition) is 3. The Morgan fingerprint density at radius 1 is 1.38 bits per heavy atom. The van der Waals surface area contributed by atoms with Gasteiger partial charge in [-0.2, -0.15) is 0 Å². The summed E-state index contributed by atoms with van der Waals surface area (Å²) in [6, 6.07) is 6.94. The van der Waals surface area contributed by atoms with E-state index in [0.717, 1.165) is 24.0 Å². The van der Waals surface area contributed by atoms with Gasteiger partial charge in [-0.25, -0.2) is 0 Å². The van der Waals surface area contributed by atoms with Crippen molar-refractivity contribution in [3.05, 3.63) is 35.4 Å². The highest BCUT2D eigenvalue weighted by Gasteiger charge is 2.28. The lowest BCUT2D eigenvalue weighted by Crippen LogP contribution is -2.44. The summed E-state index contributed by atoms with van der Waals surface area (Å²) in [6.45, 7) is 3.14. The quantitative estimate of drug-likeness (QED) is 0.884. The molecule has 0 radical (unpaired) electrons. The first kappa shape index (κ1) is 15.5. The van der Waals surface area contributed by atoms with Crippen LogP contribution in [0.2, 0.25) is 0 Å². The third-order valence-electron chi connectivity index (χ3n) is 4.00. The number of nitrogens with two attached hydrogens (primary N) is 1. The monoisotopic (exact) mass is 290 g/mol. The molecular formula is C16H22N2O3. The van der Waals surface area contributed by atoms with Crippen LogP contribution in [0.3, 0.4) is 0 Å². The largest absolute Gasteiger partial charge is 0.481 e. The second-order valence-corrected chi connectivity index (χ2v) is 5.78. The molecule has 2 unspecified atom stereocenters. The standard InChI is InChI=1S/C16H22N2O3/c1-11-4-6-13(7-5-11)15(17)16(21)18-8-2-3-12(10-18)9-14(19)20/h4-7,12,15H,2-3,8-10,17H2,1H3,(H,19,20). The van der Waals surface area contributed by atoms with Crippen molar-refractivity contribution in [3.63, 3.8) is 0 Å². The van der Waals surface area contributed by atoms with Crippen LogP contribution in [0.15, 0.2) is 24.3 Å². The van der Waals surface area contributed by atoms with Crippen LogP contribution in [0.1, 0.15) is 36.4 Å². The molecule has 2 atom stereocenters. The summed E-state index contributed by atoms with van der Waals surface area (Å²) in [5.74, 6) is -0.892. The van der Waals surface area contributed by atoms with Crippen LogP contribution in [-0.4, -0.2) is 35.0 Å². The Hall–Kier alpha value is -1.88. The van der Waals surface area contributed by atoms with Crippen LogP contribution in [0.4, 0.5) is 0 Å². The number of carbonyl (C=O) groups is 2. The van der Waals surface area contributed by atoms with Gasteiger partial charge >= 0.3 is 5.97 Å². The summed E-state index contributed by atoms with van der Waals surface area (Å²) in [7, 11) is 0. The van der Waals surface area contributed by atoms with Gasteiger partial charge < -0.3 is 15.7 Å². The number of piperidine rings is 1. The molecule has 1 aromatic rings. The molecular weight excluding hydrogens is 268 g/mol. The lowest BCUT2D eigenvalue weighted by molar-refractivity contribution is -0.141. The van der Waals surface area contributed by atoms with Crippen LogP contribution in [0.25, 0.3) is 0 Å². The number of amides is 1. The smallest absolute Gasteiger partial charge is 0.303 e. The summed E-state index contributed by atoms with van der Waals surface area (Å²) in [4.78, 5) is 25.0. The number of likely N-dealkylation sites (tertiary alicyclic amines) is 1. The maximum Gasteiger partial charge on any atom is 0.303 e. The molecule has 0 spiro atoms. The van der Waals surface area contributed by atoms with E-state index >= 15 is 0 Å². The minimum Gasteiger partial charge on any atom is -0.481 e. The predicted molar refractivity (Wildman–Crippen MR) is 79.7 cm³/mol. The van der Waals surface area contributed by atoms with Gasteiger partial charge in [-0.15, -0.1) is 0 Å². The molecule has 3 N–H and O–H groups in total. The first-order valence-corrected chi connectivity index (χ1v) is 7.30. The number of benzene rings is 1. The van der Waals surface area contributed by atoms with Gasteiger partial charge in [-0.1, -0.05) is 29.8 Å². The summed E-state index contributed by atoms with van der Waals surface area (Å²) >= 11 is 0. The Balaban J connectivity index is 2.01. The topological polar surface area (TPSA) is 83.6 Å². The van der Waals surface area contributed by atoms with Crippen molar-refractivity contribution in [1.29, 1.82) is 0 Å². The van der Waals surface area contributed by atoms with Crippen LogP contribution < -0.4 is 5.73 Å². The average molecular weight is 290 g/mol. The molecule has 2 rings (SSSR count). The molecule has 1 fully saturated rings. The maximum absolute atomic E-state index is 12.5. The Bertz CT molecular complexity index is 513. The van der Waals surface area contributed by atoms with E-state index in [1.165, 1.54) is 0 Å². The van der Waals surface area contributed by atoms with Crippen molar-refractivity contribution in [2.45, 2.75) is 32.2 Å². The van der Waals surface area contributed by atoms with Crippen molar-refractivity contribution < 1.29 is 14.7 Å². The van der Waals surface area contributed by atoms with E-state index < -0.39 is 12.0 Å². The van der Waals surface area contributed by atoms with Gasteiger partial charge in [0.05, 0.1) is 0 Å². The predicted octanol–water partition coefficient (Wildman–Crippen LogP) is 1.71. The maximum atomic E-state index is 12.5. The van der Waals surface area contributed by atoms with E-state index in [9.17, 15) is 9.59 Å². The average Bonchev–Trinajstić information content (AvgIpc) is 2.46. The SMILES string of the molecule is Cc1ccc(C(N)C(=O)N2CCCC(CC(=O)O)C2)cc1. The molecule has 0 aromatic heterocycles. The number of nitrogens with zero attached hydrogens (tertiary/aromatic N) is 1. The molecule has 1 saturated heterocycles. The molecule has 1 amide bonds. The number of aryl methyl sites for hydroxylation is 1. The van der Waals surface area contributed by atoms with Crippen LogP contribution in [-0.2, 0) is 9.59 Å². The Kier molecular flexibility index (Phi) is 4.96. The van der Waals surface area contributed by atoms with Gasteiger partial charge in [-0.05, 0) is 31.2 Å². The fourth-order valence-corrected chi connectivity index (χ4v) is 2.79. The zero-order chi connectivity index (χ0) is 15.4. The van der Waals surface area contributed by atoms with Crippen LogP contribution in [0, 0.1) is 12.8 Å². The molecule has 0 saturated carbocycles. The van der Waals surface area contributed by atoms with Gasteiger partial charge in [0.25, 0.3) is 0 Å². The number of carboxylic acids is 1. The van der Waals surface area contributed by atoms with Crippen molar-refractivity contribution in [3.8, 4) is 0 Å². The second kappa shape index (κ2) is 6.72. The summed E-state index contributed by atoms with van der Waals surface area (Å²) in [5.41, 5.74) is 7.98. The number of aliphatic carboxylic acids is 1. The third-order valence-corrected chi connectivity index (χ3v) is 4.00. The molecule has 1 aliphatic heterocycles. The van der Waals surface area contributed by atoms with Crippen LogP contribution in [0.5, 0.6) is 0 Å². The van der Waals surface area contributed by atoms with Crippen molar-refractivity contribution in [2.24, 2.45) is 11.7 Å². The summed E-state index contributed by atoms with van der Waals surface area (Å²) in [5, 5.41) is 8.88. The molecule has 0 aliphatic carbocycles. The van der Waals surface area contributed by atoms with Crippen molar-refractivity contribution >= 4 is 11.9 Å². The van der Waals surface area contributed by atoms with Gasteiger partial charge in [0, 0.05) is 19.5 Å². The summed E-state index contributed by atoms with van der Waals surface area (Å²) in [6.07, 6.45) is 1.81. The zero-order valence-corrected chi connectivity index (χ0v) is 12.3. The number of hydrogen-bond donors (Lipinski definition) is 2. The molecule has 114 valence electrons. The summed E-state index contributed by atoms with van der Waals surface area (Å²) < 4.78 is 0. The molecule has 21 heavy (non-hydrogen) atoms.